The molecule has 0 heterocycles. The van der Waals surface area contributed by atoms with E-state index in [0.29, 0.717) is 28.9 Å². The lowest BCUT2D eigenvalue weighted by Gasteiger charge is -2.17. The zero-order valence-corrected chi connectivity index (χ0v) is 23.0. The summed E-state index contributed by atoms with van der Waals surface area (Å²) in [7, 11) is 3.43. The number of hydrogen-bond donors (Lipinski definition) is 2. The second-order valence-electron chi connectivity index (χ2n) is 9.50. The van der Waals surface area contributed by atoms with Crippen LogP contribution in [0.15, 0.2) is 109 Å². The molecular formula is C33H32N4O4. The number of nitrogens with zero attached hydrogens (tertiary/aromatic N) is 2. The van der Waals surface area contributed by atoms with E-state index in [1.54, 1.807) is 72.4 Å². The molecule has 0 fully saturated rings. The van der Waals surface area contributed by atoms with E-state index < -0.39 is 0 Å². The van der Waals surface area contributed by atoms with Gasteiger partial charge in [0.05, 0.1) is 0 Å². The molecule has 0 spiro atoms. The van der Waals surface area contributed by atoms with Gasteiger partial charge in [0.15, 0.2) is 0 Å². The lowest BCUT2D eigenvalue weighted by Crippen LogP contribution is -2.26. The highest BCUT2D eigenvalue weighted by molar-refractivity contribution is 6.07. The number of anilines is 4. The summed E-state index contributed by atoms with van der Waals surface area (Å²) in [6.45, 7) is 0. The van der Waals surface area contributed by atoms with Gasteiger partial charge in [-0.2, -0.15) is 0 Å². The molecule has 8 heteroatoms. The average Bonchev–Trinajstić information content (AvgIpc) is 3.01. The highest BCUT2D eigenvalue weighted by Gasteiger charge is 2.15. The lowest BCUT2D eigenvalue weighted by atomic mass is 10.1. The van der Waals surface area contributed by atoms with Crippen molar-refractivity contribution in [3.63, 3.8) is 0 Å². The van der Waals surface area contributed by atoms with Gasteiger partial charge in [0.1, 0.15) is 0 Å². The Hall–Kier alpha value is -5.24. The number of amides is 4. The zero-order valence-electron chi connectivity index (χ0n) is 23.0. The van der Waals surface area contributed by atoms with E-state index in [9.17, 15) is 19.2 Å². The first kappa shape index (κ1) is 28.8. The van der Waals surface area contributed by atoms with E-state index >= 15 is 0 Å². The molecule has 0 aromatic heterocycles. The Balaban J connectivity index is 1.19. The molecule has 8 nitrogen and oxygen atoms in total. The highest BCUT2D eigenvalue weighted by Crippen LogP contribution is 2.18. The van der Waals surface area contributed by atoms with Crippen molar-refractivity contribution in [3.8, 4) is 0 Å². The molecule has 0 bridgehead atoms. The van der Waals surface area contributed by atoms with Crippen molar-refractivity contribution >= 4 is 46.4 Å². The maximum Gasteiger partial charge on any atom is 0.258 e. The second kappa shape index (κ2) is 13.7. The molecule has 4 amide bonds. The predicted molar refractivity (Wildman–Crippen MR) is 162 cm³/mol. The van der Waals surface area contributed by atoms with Crippen LogP contribution in [0.25, 0.3) is 0 Å². The number of carbonyl (C=O) groups excluding carboxylic acids is 4. The number of hydrogen-bond acceptors (Lipinski definition) is 4. The Labute approximate surface area is 239 Å². The molecule has 208 valence electrons. The first-order chi connectivity index (χ1) is 19.8. The smallest absolute Gasteiger partial charge is 0.258 e. The monoisotopic (exact) mass is 548 g/mol. The minimum Gasteiger partial charge on any atom is -0.326 e. The number of benzene rings is 4. The van der Waals surface area contributed by atoms with Crippen LogP contribution in [0.1, 0.15) is 40.0 Å². The number of nitrogens with one attached hydrogen (secondary N) is 2. The van der Waals surface area contributed by atoms with Gasteiger partial charge in [-0.3, -0.25) is 19.2 Å². The third kappa shape index (κ3) is 7.89. The summed E-state index contributed by atoms with van der Waals surface area (Å²) in [6.07, 6.45) is 0.711. The van der Waals surface area contributed by atoms with E-state index in [4.69, 9.17) is 0 Å². The fraction of sp³-hybridized carbons (Fsp3) is 0.152. The largest absolute Gasteiger partial charge is 0.326 e. The van der Waals surface area contributed by atoms with Crippen LogP contribution in [0.2, 0.25) is 0 Å². The van der Waals surface area contributed by atoms with Crippen molar-refractivity contribution in [1.29, 1.82) is 0 Å². The first-order valence-corrected chi connectivity index (χ1v) is 13.3. The Kier molecular flexibility index (Phi) is 9.62. The van der Waals surface area contributed by atoms with Crippen LogP contribution < -0.4 is 20.4 Å². The Morgan fingerprint density at radius 3 is 1.20 bits per heavy atom. The third-order valence-electron chi connectivity index (χ3n) is 6.54. The zero-order chi connectivity index (χ0) is 29.2. The molecule has 0 atom stereocenters. The summed E-state index contributed by atoms with van der Waals surface area (Å²) in [4.78, 5) is 53.3. The van der Waals surface area contributed by atoms with Crippen molar-refractivity contribution in [2.45, 2.75) is 19.3 Å². The fourth-order valence-electron chi connectivity index (χ4n) is 4.17. The summed E-state index contributed by atoms with van der Waals surface area (Å²) in [5.74, 6) is -0.742. The third-order valence-corrected chi connectivity index (χ3v) is 6.54. The van der Waals surface area contributed by atoms with E-state index in [0.717, 1.165) is 11.4 Å². The molecule has 2 N–H and O–H groups in total. The van der Waals surface area contributed by atoms with Crippen molar-refractivity contribution in [3.05, 3.63) is 120 Å². The number of rotatable bonds is 10. The van der Waals surface area contributed by atoms with Gasteiger partial charge in [0, 0.05) is 60.8 Å². The predicted octanol–water partition coefficient (Wildman–Crippen LogP) is 5.99. The minimum absolute atomic E-state index is 0.152. The normalized spacial score (nSPS) is 10.4. The van der Waals surface area contributed by atoms with Gasteiger partial charge in [0.2, 0.25) is 11.8 Å². The Morgan fingerprint density at radius 2 is 0.854 bits per heavy atom. The minimum atomic E-state index is -0.219. The van der Waals surface area contributed by atoms with E-state index in [1.165, 1.54) is 0 Å². The topological polar surface area (TPSA) is 98.8 Å². The average molecular weight is 549 g/mol. The van der Waals surface area contributed by atoms with Gasteiger partial charge in [-0.15, -0.1) is 0 Å². The molecule has 0 aliphatic heterocycles. The number of carbonyl (C=O) groups is 4. The molecule has 41 heavy (non-hydrogen) atoms. The Bertz CT molecular complexity index is 1370. The van der Waals surface area contributed by atoms with Crippen molar-refractivity contribution in [2.75, 3.05) is 34.5 Å². The van der Waals surface area contributed by atoms with Gasteiger partial charge in [0.25, 0.3) is 11.8 Å². The van der Waals surface area contributed by atoms with E-state index in [2.05, 4.69) is 10.6 Å². The van der Waals surface area contributed by atoms with E-state index in [-0.39, 0.29) is 36.5 Å². The summed E-state index contributed by atoms with van der Waals surface area (Å²) in [5, 5.41) is 5.60. The quantitative estimate of drug-likeness (QED) is 0.254. The standard InChI is InChI=1S/C33H32N4O4/c1-36(28-10-5-3-6-11-28)32(40)24-16-20-26(21-17-24)34-30(38)14-9-15-31(39)35-27-22-18-25(19-23-27)33(41)37(2)29-12-7-4-8-13-29/h3-8,10-13,16-23H,9,14-15H2,1-2H3,(H,34,38)(H,35,39). The van der Waals surface area contributed by atoms with Gasteiger partial charge in [-0.05, 0) is 79.2 Å². The van der Waals surface area contributed by atoms with Gasteiger partial charge in [-0.1, -0.05) is 36.4 Å². The maximum atomic E-state index is 12.7. The maximum absolute atomic E-state index is 12.7. The SMILES string of the molecule is CN(C(=O)c1ccc(NC(=O)CCCC(=O)Nc2ccc(C(=O)N(C)c3ccccc3)cc2)cc1)c1ccccc1. The molecule has 0 saturated heterocycles. The molecule has 0 aliphatic rings. The van der Waals surface area contributed by atoms with E-state index in [1.807, 2.05) is 60.7 Å². The molecule has 4 aromatic rings. The van der Waals surface area contributed by atoms with Crippen LogP contribution in [0.3, 0.4) is 0 Å². The van der Waals surface area contributed by atoms with Crippen LogP contribution in [0, 0.1) is 0 Å². The van der Waals surface area contributed by atoms with Crippen LogP contribution in [0.5, 0.6) is 0 Å². The molecule has 4 aromatic carbocycles. The summed E-state index contributed by atoms with van der Waals surface area (Å²) < 4.78 is 0. The van der Waals surface area contributed by atoms with Crippen LogP contribution >= 0.6 is 0 Å². The Morgan fingerprint density at radius 1 is 0.512 bits per heavy atom. The second-order valence-corrected chi connectivity index (χ2v) is 9.50. The van der Waals surface area contributed by atoms with Crippen LogP contribution in [0.4, 0.5) is 22.7 Å². The van der Waals surface area contributed by atoms with Crippen molar-refractivity contribution in [2.24, 2.45) is 0 Å². The highest BCUT2D eigenvalue weighted by atomic mass is 16.2. The van der Waals surface area contributed by atoms with Gasteiger partial charge < -0.3 is 20.4 Å². The van der Waals surface area contributed by atoms with Crippen molar-refractivity contribution in [1.82, 2.24) is 0 Å². The molecule has 0 unspecified atom stereocenters. The summed E-state index contributed by atoms with van der Waals surface area (Å²) >= 11 is 0. The van der Waals surface area contributed by atoms with Crippen LogP contribution in [-0.4, -0.2) is 37.7 Å². The van der Waals surface area contributed by atoms with Gasteiger partial charge in [-0.25, -0.2) is 0 Å². The van der Waals surface area contributed by atoms with Crippen molar-refractivity contribution < 1.29 is 19.2 Å². The molecule has 0 radical (unpaired) electrons. The molecular weight excluding hydrogens is 516 g/mol. The number of para-hydroxylation sites is 2. The fourth-order valence-corrected chi connectivity index (χ4v) is 4.17. The summed E-state index contributed by atoms with van der Waals surface area (Å²) in [6, 6.07) is 32.1. The summed E-state index contributed by atoms with van der Waals surface area (Å²) in [5.41, 5.74) is 3.74. The lowest BCUT2D eigenvalue weighted by molar-refractivity contribution is -0.117. The molecule has 4 rings (SSSR count). The molecule has 0 saturated carbocycles. The van der Waals surface area contributed by atoms with Gasteiger partial charge >= 0.3 is 0 Å². The first-order valence-electron chi connectivity index (χ1n) is 13.3. The molecule has 0 aliphatic carbocycles. The van der Waals surface area contributed by atoms with Crippen LogP contribution in [-0.2, 0) is 9.59 Å².